The minimum absolute atomic E-state index is 0.528. The van der Waals surface area contributed by atoms with E-state index in [1.54, 1.807) is 0 Å². The van der Waals surface area contributed by atoms with Gasteiger partial charge in [-0.2, -0.15) is 0 Å². The molecule has 0 bridgehead atoms. The highest BCUT2D eigenvalue weighted by atomic mass is 16.4. The fourth-order valence-electron chi connectivity index (χ4n) is 2.81. The first kappa shape index (κ1) is 19.9. The Morgan fingerprint density at radius 1 is 1.19 bits per heavy atom. The molecule has 6 heteroatoms. The first-order valence-electron chi connectivity index (χ1n) is 8.44. The van der Waals surface area contributed by atoms with Crippen LogP contribution in [0, 0.1) is 6.92 Å². The number of carboxylic acid groups (broad SMARTS) is 2. The van der Waals surface area contributed by atoms with Crippen molar-refractivity contribution >= 4 is 29.3 Å². The number of rotatable bonds is 3. The van der Waals surface area contributed by atoms with Crippen molar-refractivity contribution in [2.45, 2.75) is 26.2 Å². The van der Waals surface area contributed by atoms with Crippen LogP contribution in [0.1, 0.15) is 41.6 Å². The van der Waals surface area contributed by atoms with E-state index in [4.69, 9.17) is 15.9 Å². The minimum Gasteiger partial charge on any atom is -0.478 e. The van der Waals surface area contributed by atoms with Crippen LogP contribution in [0.25, 0.3) is 11.6 Å². The van der Waals surface area contributed by atoms with Gasteiger partial charge in [0.2, 0.25) is 0 Å². The van der Waals surface area contributed by atoms with Gasteiger partial charge in [0.25, 0.3) is 0 Å². The lowest BCUT2D eigenvalue weighted by Crippen LogP contribution is -2.05. The molecular formula is C21H22N2O4. The first-order valence-corrected chi connectivity index (χ1v) is 8.44. The molecule has 0 spiro atoms. The molecule has 0 aliphatic heterocycles. The zero-order chi connectivity index (χ0) is 20.0. The molecule has 1 aliphatic rings. The molecule has 1 unspecified atom stereocenters. The van der Waals surface area contributed by atoms with E-state index in [-0.39, 0.29) is 0 Å². The molecule has 27 heavy (non-hydrogen) atoms. The van der Waals surface area contributed by atoms with E-state index in [0.717, 1.165) is 23.4 Å². The molecule has 0 saturated heterocycles. The van der Waals surface area contributed by atoms with Gasteiger partial charge >= 0.3 is 11.9 Å². The number of nitrogens with two attached hydrogens (primary N) is 1. The summed E-state index contributed by atoms with van der Waals surface area (Å²) >= 11 is 0. The summed E-state index contributed by atoms with van der Waals surface area (Å²) in [5, 5.41) is 15.6. The molecule has 6 nitrogen and oxygen atoms in total. The van der Waals surface area contributed by atoms with E-state index in [9.17, 15) is 9.59 Å². The van der Waals surface area contributed by atoms with Crippen LogP contribution in [0.15, 0.2) is 48.7 Å². The third-order valence-electron chi connectivity index (χ3n) is 4.23. The fourth-order valence-corrected chi connectivity index (χ4v) is 2.81. The second-order valence-corrected chi connectivity index (χ2v) is 6.34. The molecule has 1 aliphatic carbocycles. The van der Waals surface area contributed by atoms with Gasteiger partial charge in [0.15, 0.2) is 0 Å². The Morgan fingerprint density at radius 3 is 2.41 bits per heavy atom. The van der Waals surface area contributed by atoms with Crippen LogP contribution in [-0.4, -0.2) is 27.1 Å². The first-order chi connectivity index (χ1) is 12.8. The van der Waals surface area contributed by atoms with Crippen LogP contribution in [0.5, 0.6) is 0 Å². The number of carboxylic acids is 2. The number of pyridine rings is 1. The van der Waals surface area contributed by atoms with Crippen molar-refractivity contribution < 1.29 is 19.8 Å². The van der Waals surface area contributed by atoms with Crippen molar-refractivity contribution in [1.29, 1.82) is 0 Å². The Balaban J connectivity index is 0.000000279. The quantitative estimate of drug-likeness (QED) is 0.713. The molecule has 0 saturated carbocycles. The lowest BCUT2D eigenvalue weighted by atomic mass is 9.83. The zero-order valence-corrected chi connectivity index (χ0v) is 15.2. The summed E-state index contributed by atoms with van der Waals surface area (Å²) in [6, 6.07) is 10.6. The number of anilines is 1. The van der Waals surface area contributed by atoms with Crippen molar-refractivity contribution in [3.8, 4) is 0 Å². The molecular weight excluding hydrogens is 344 g/mol. The molecule has 140 valence electrons. The van der Waals surface area contributed by atoms with Crippen molar-refractivity contribution in [2.75, 3.05) is 5.73 Å². The monoisotopic (exact) mass is 366 g/mol. The topological polar surface area (TPSA) is 114 Å². The summed E-state index contributed by atoms with van der Waals surface area (Å²) in [7, 11) is 0. The standard InChI is InChI=1S/C17H18N2.C4H4O4/c1-11-7-14(8-13-5-3-4-6-15(11)13)17-9-16(18)12(2)10-19-17;5-3(6)1-2-4(7)8/h3-6,8-11H,7H2,1-2H3,(H2,18,19);1-2H,(H,5,6)(H,7,8)/b;2-1+. The van der Waals surface area contributed by atoms with Crippen LogP contribution >= 0.6 is 0 Å². The molecule has 4 N–H and O–H groups in total. The Bertz CT molecular complexity index is 900. The Hall–Kier alpha value is -3.41. The van der Waals surface area contributed by atoms with Crippen molar-refractivity contribution in [3.05, 3.63) is 71.1 Å². The Morgan fingerprint density at radius 2 is 1.81 bits per heavy atom. The van der Waals surface area contributed by atoms with Crippen molar-refractivity contribution in [1.82, 2.24) is 4.98 Å². The number of aryl methyl sites for hydroxylation is 1. The number of nitrogen functional groups attached to an aromatic ring is 1. The third-order valence-corrected chi connectivity index (χ3v) is 4.23. The molecule has 3 rings (SSSR count). The van der Waals surface area contributed by atoms with E-state index in [0.29, 0.717) is 18.1 Å². The van der Waals surface area contributed by atoms with E-state index in [2.05, 4.69) is 42.2 Å². The maximum Gasteiger partial charge on any atom is 0.328 e. The van der Waals surface area contributed by atoms with Gasteiger partial charge in [-0.25, -0.2) is 9.59 Å². The smallest absolute Gasteiger partial charge is 0.328 e. The molecule has 1 aromatic heterocycles. The summed E-state index contributed by atoms with van der Waals surface area (Å²) in [6.07, 6.45) is 6.24. The number of allylic oxidation sites excluding steroid dienone is 1. The maximum absolute atomic E-state index is 9.55. The predicted octanol–water partition coefficient (Wildman–Crippen LogP) is 3.73. The minimum atomic E-state index is -1.26. The fraction of sp³-hybridized carbons (Fsp3) is 0.190. The van der Waals surface area contributed by atoms with Gasteiger partial charge < -0.3 is 15.9 Å². The lowest BCUT2D eigenvalue weighted by molar-refractivity contribution is -0.134. The van der Waals surface area contributed by atoms with Gasteiger partial charge in [0, 0.05) is 24.0 Å². The SMILES string of the molecule is Cc1cnc(C2=Cc3ccccc3C(C)C2)cc1N.O=C(O)/C=C/C(=O)O. The molecule has 2 aromatic rings. The van der Waals surface area contributed by atoms with Crippen LogP contribution in [0.3, 0.4) is 0 Å². The highest BCUT2D eigenvalue weighted by Crippen LogP contribution is 2.37. The molecule has 1 heterocycles. The summed E-state index contributed by atoms with van der Waals surface area (Å²) in [5.41, 5.74) is 12.8. The van der Waals surface area contributed by atoms with E-state index < -0.39 is 11.9 Å². The van der Waals surface area contributed by atoms with Crippen molar-refractivity contribution in [2.24, 2.45) is 0 Å². The Labute approximate surface area is 157 Å². The molecule has 1 aromatic carbocycles. The summed E-state index contributed by atoms with van der Waals surface area (Å²) < 4.78 is 0. The summed E-state index contributed by atoms with van der Waals surface area (Å²) in [6.45, 7) is 4.25. The number of carbonyl (C=O) groups is 2. The van der Waals surface area contributed by atoms with Gasteiger partial charge in [-0.3, -0.25) is 4.98 Å². The molecule has 0 amide bonds. The van der Waals surface area contributed by atoms with E-state index in [1.807, 2.05) is 19.2 Å². The highest BCUT2D eigenvalue weighted by molar-refractivity contribution is 5.89. The number of benzene rings is 1. The van der Waals surface area contributed by atoms with Crippen LogP contribution in [-0.2, 0) is 9.59 Å². The van der Waals surface area contributed by atoms with Gasteiger partial charge in [-0.15, -0.1) is 0 Å². The summed E-state index contributed by atoms with van der Waals surface area (Å²) in [5.74, 6) is -1.99. The highest BCUT2D eigenvalue weighted by Gasteiger charge is 2.18. The average molecular weight is 366 g/mol. The number of nitrogens with zero attached hydrogens (tertiary/aromatic N) is 1. The van der Waals surface area contributed by atoms with Gasteiger partial charge in [-0.05, 0) is 53.7 Å². The number of hydrogen-bond acceptors (Lipinski definition) is 4. The predicted molar refractivity (Wildman–Crippen MR) is 105 cm³/mol. The summed E-state index contributed by atoms with van der Waals surface area (Å²) in [4.78, 5) is 23.6. The number of hydrogen-bond donors (Lipinski definition) is 3. The third kappa shape index (κ3) is 5.54. The van der Waals surface area contributed by atoms with Gasteiger partial charge in [-0.1, -0.05) is 31.2 Å². The van der Waals surface area contributed by atoms with E-state index in [1.165, 1.54) is 16.7 Å². The van der Waals surface area contributed by atoms with Crippen LogP contribution in [0.2, 0.25) is 0 Å². The Kier molecular flexibility index (Phi) is 6.49. The largest absolute Gasteiger partial charge is 0.478 e. The van der Waals surface area contributed by atoms with Crippen LogP contribution < -0.4 is 5.73 Å². The number of fused-ring (bicyclic) bond motifs is 1. The molecule has 0 fully saturated rings. The van der Waals surface area contributed by atoms with Crippen LogP contribution in [0.4, 0.5) is 5.69 Å². The normalized spacial score (nSPS) is 15.3. The zero-order valence-electron chi connectivity index (χ0n) is 15.2. The van der Waals surface area contributed by atoms with Gasteiger partial charge in [0.05, 0.1) is 5.69 Å². The second-order valence-electron chi connectivity index (χ2n) is 6.34. The maximum atomic E-state index is 9.55. The molecule has 1 atom stereocenters. The average Bonchev–Trinajstić information content (AvgIpc) is 2.63. The number of aromatic nitrogens is 1. The number of aliphatic carboxylic acids is 2. The van der Waals surface area contributed by atoms with E-state index >= 15 is 0 Å². The van der Waals surface area contributed by atoms with Crippen molar-refractivity contribution in [3.63, 3.8) is 0 Å². The van der Waals surface area contributed by atoms with Gasteiger partial charge in [0.1, 0.15) is 0 Å². The second kappa shape index (κ2) is 8.80. The lowest BCUT2D eigenvalue weighted by Gasteiger charge is -2.22. The molecule has 0 radical (unpaired) electrons.